The molecular formula is C15H18N2OS. The van der Waals surface area contributed by atoms with Gasteiger partial charge in [-0.1, -0.05) is 41.6 Å². The fraction of sp³-hybridized carbons (Fsp3) is 0.333. The minimum atomic E-state index is -0.177. The van der Waals surface area contributed by atoms with E-state index in [9.17, 15) is 4.79 Å². The van der Waals surface area contributed by atoms with E-state index in [4.69, 9.17) is 0 Å². The van der Waals surface area contributed by atoms with Gasteiger partial charge in [0, 0.05) is 24.1 Å². The zero-order chi connectivity index (χ0) is 13.8. The molecule has 0 unspecified atom stereocenters. The number of hydrogen-bond donors (Lipinski definition) is 0. The summed E-state index contributed by atoms with van der Waals surface area (Å²) in [5, 5.41) is 0.781. The number of aromatic nitrogens is 2. The van der Waals surface area contributed by atoms with Crippen molar-refractivity contribution in [3.8, 4) is 0 Å². The molecule has 0 aliphatic heterocycles. The molecule has 19 heavy (non-hydrogen) atoms. The quantitative estimate of drug-likeness (QED) is 0.633. The number of thioether (sulfide) groups is 1. The highest BCUT2D eigenvalue weighted by atomic mass is 32.2. The highest BCUT2D eigenvalue weighted by Gasteiger charge is 2.07. The predicted octanol–water partition coefficient (Wildman–Crippen LogP) is 3.42. The molecule has 3 nitrogen and oxygen atoms in total. The van der Waals surface area contributed by atoms with Crippen molar-refractivity contribution in [1.29, 1.82) is 0 Å². The van der Waals surface area contributed by atoms with Gasteiger partial charge in [-0.15, -0.1) is 0 Å². The molecule has 1 aromatic carbocycles. The van der Waals surface area contributed by atoms with Crippen LogP contribution in [0.2, 0.25) is 0 Å². The third-order valence-corrected chi connectivity index (χ3v) is 3.89. The molecule has 0 fully saturated rings. The van der Waals surface area contributed by atoms with Crippen LogP contribution in [0.25, 0.3) is 0 Å². The molecule has 4 heteroatoms. The molecule has 0 atom stereocenters. The maximum atomic E-state index is 11.4. The minimum absolute atomic E-state index is 0.177. The highest BCUT2D eigenvalue weighted by molar-refractivity contribution is 7.98. The number of rotatable bonds is 4. The lowest BCUT2D eigenvalue weighted by atomic mass is 10.2. The molecular weight excluding hydrogens is 256 g/mol. The Morgan fingerprint density at radius 1 is 1.21 bits per heavy atom. The van der Waals surface area contributed by atoms with Gasteiger partial charge >= 0.3 is 0 Å². The van der Waals surface area contributed by atoms with Crippen LogP contribution in [0.4, 0.5) is 0 Å². The molecule has 1 aromatic heterocycles. The van der Waals surface area contributed by atoms with E-state index < -0.39 is 0 Å². The maximum Gasteiger partial charge on any atom is 0.273 e. The largest absolute Gasteiger partial charge is 0.325 e. The van der Waals surface area contributed by atoms with Crippen molar-refractivity contribution in [2.45, 2.75) is 37.7 Å². The van der Waals surface area contributed by atoms with E-state index in [1.54, 1.807) is 11.8 Å². The summed E-state index contributed by atoms with van der Waals surface area (Å²) in [7, 11) is 0. The van der Waals surface area contributed by atoms with Gasteiger partial charge in [0.05, 0.1) is 0 Å². The van der Waals surface area contributed by atoms with Crippen LogP contribution in [0.5, 0.6) is 0 Å². The topological polar surface area (TPSA) is 34.9 Å². The van der Waals surface area contributed by atoms with Gasteiger partial charge in [-0.3, -0.25) is 4.79 Å². The fourth-order valence-corrected chi connectivity index (χ4v) is 2.79. The summed E-state index contributed by atoms with van der Waals surface area (Å²) in [6.45, 7) is 6.25. The van der Waals surface area contributed by atoms with Crippen molar-refractivity contribution in [1.82, 2.24) is 9.55 Å². The summed E-state index contributed by atoms with van der Waals surface area (Å²) in [4.78, 5) is 15.5. The van der Waals surface area contributed by atoms with Gasteiger partial charge in [-0.2, -0.15) is 4.98 Å². The Bertz CT molecular complexity index is 602. The second-order valence-electron chi connectivity index (χ2n) is 4.82. The van der Waals surface area contributed by atoms with Crippen molar-refractivity contribution in [3.05, 3.63) is 58.0 Å². The first kappa shape index (κ1) is 13.9. The highest BCUT2D eigenvalue weighted by Crippen LogP contribution is 2.22. The first-order valence-electron chi connectivity index (χ1n) is 6.34. The molecule has 2 aromatic rings. The average Bonchev–Trinajstić information content (AvgIpc) is 2.38. The van der Waals surface area contributed by atoms with Gasteiger partial charge in [0.2, 0.25) is 0 Å². The molecule has 0 aliphatic rings. The lowest BCUT2D eigenvalue weighted by Gasteiger charge is -2.14. The van der Waals surface area contributed by atoms with Crippen molar-refractivity contribution in [3.63, 3.8) is 0 Å². The van der Waals surface area contributed by atoms with Crippen LogP contribution in [0.15, 0.2) is 46.5 Å². The molecule has 0 saturated heterocycles. The zero-order valence-corrected chi connectivity index (χ0v) is 12.3. The van der Waals surface area contributed by atoms with Gasteiger partial charge in [0.15, 0.2) is 5.16 Å². The molecule has 100 valence electrons. The van der Waals surface area contributed by atoms with Gasteiger partial charge in [0.25, 0.3) is 5.56 Å². The molecule has 0 aliphatic carbocycles. The summed E-state index contributed by atoms with van der Waals surface area (Å²) in [5.74, 6) is 0.823. The summed E-state index contributed by atoms with van der Waals surface area (Å²) < 4.78 is 2.03. The lowest BCUT2D eigenvalue weighted by Crippen LogP contribution is -2.14. The van der Waals surface area contributed by atoms with Crippen LogP contribution < -0.4 is 5.56 Å². The molecule has 0 radical (unpaired) electrons. The number of nitrogens with zero attached hydrogens (tertiary/aromatic N) is 2. The van der Waals surface area contributed by atoms with E-state index in [0.29, 0.717) is 6.04 Å². The van der Waals surface area contributed by atoms with E-state index in [-0.39, 0.29) is 5.56 Å². The lowest BCUT2D eigenvalue weighted by molar-refractivity contribution is 0.526. The minimum Gasteiger partial charge on any atom is -0.325 e. The van der Waals surface area contributed by atoms with Gasteiger partial charge in [0.1, 0.15) is 0 Å². The first-order valence-corrected chi connectivity index (χ1v) is 7.32. The van der Waals surface area contributed by atoms with E-state index >= 15 is 0 Å². The Labute approximate surface area is 117 Å². The van der Waals surface area contributed by atoms with Crippen molar-refractivity contribution in [2.75, 3.05) is 0 Å². The molecule has 0 saturated carbocycles. The Balaban J connectivity index is 2.16. The first-order chi connectivity index (χ1) is 9.06. The van der Waals surface area contributed by atoms with E-state index in [0.717, 1.165) is 10.9 Å². The second-order valence-corrected chi connectivity index (χ2v) is 5.77. The maximum absolute atomic E-state index is 11.4. The Hall–Kier alpha value is -1.55. The smallest absolute Gasteiger partial charge is 0.273 e. The number of benzene rings is 1. The van der Waals surface area contributed by atoms with Crippen molar-refractivity contribution >= 4 is 11.8 Å². The molecule has 0 bridgehead atoms. The Morgan fingerprint density at radius 3 is 2.53 bits per heavy atom. The number of hydrogen-bond acceptors (Lipinski definition) is 3. The SMILES string of the molecule is Cc1ccc(CSc2nc(=O)ccn2C(C)C)cc1. The van der Waals surface area contributed by atoms with E-state index in [1.165, 1.54) is 17.2 Å². The predicted molar refractivity (Wildman–Crippen MR) is 79.6 cm³/mol. The van der Waals surface area contributed by atoms with Crippen molar-refractivity contribution < 1.29 is 0 Å². The molecule has 0 spiro atoms. The van der Waals surface area contributed by atoms with Crippen LogP contribution in [0.3, 0.4) is 0 Å². The summed E-state index contributed by atoms with van der Waals surface area (Å²) in [5.41, 5.74) is 2.32. The fourth-order valence-electron chi connectivity index (χ4n) is 1.73. The van der Waals surface area contributed by atoms with Gasteiger partial charge in [-0.25, -0.2) is 0 Å². The van der Waals surface area contributed by atoms with Gasteiger partial charge < -0.3 is 4.57 Å². The van der Waals surface area contributed by atoms with Crippen LogP contribution in [0.1, 0.15) is 31.0 Å². The molecule has 2 rings (SSSR count). The van der Waals surface area contributed by atoms with Crippen LogP contribution in [0, 0.1) is 6.92 Å². The monoisotopic (exact) mass is 274 g/mol. The van der Waals surface area contributed by atoms with Crippen LogP contribution in [-0.4, -0.2) is 9.55 Å². The standard InChI is InChI=1S/C15H18N2OS/c1-11(2)17-9-8-14(18)16-15(17)19-10-13-6-4-12(3)5-7-13/h4-9,11H,10H2,1-3H3. The zero-order valence-electron chi connectivity index (χ0n) is 11.5. The van der Waals surface area contributed by atoms with Gasteiger partial charge in [-0.05, 0) is 26.3 Å². The second kappa shape index (κ2) is 6.06. The summed E-state index contributed by atoms with van der Waals surface area (Å²) >= 11 is 1.60. The average molecular weight is 274 g/mol. The molecule has 0 amide bonds. The molecule has 0 N–H and O–H groups in total. The van der Waals surface area contributed by atoms with E-state index in [1.807, 2.05) is 10.8 Å². The van der Waals surface area contributed by atoms with Crippen molar-refractivity contribution in [2.24, 2.45) is 0 Å². The third-order valence-electron chi connectivity index (χ3n) is 2.85. The number of aryl methyl sites for hydroxylation is 1. The van der Waals surface area contributed by atoms with Crippen LogP contribution in [-0.2, 0) is 5.75 Å². The third kappa shape index (κ3) is 3.70. The Kier molecular flexibility index (Phi) is 4.43. The summed E-state index contributed by atoms with van der Waals surface area (Å²) in [6, 6.07) is 10.2. The van der Waals surface area contributed by atoms with Crippen LogP contribution >= 0.6 is 11.8 Å². The van der Waals surface area contributed by atoms with E-state index in [2.05, 4.69) is 50.0 Å². The molecule has 1 heterocycles. The Morgan fingerprint density at radius 2 is 1.89 bits per heavy atom. The summed E-state index contributed by atoms with van der Waals surface area (Å²) in [6.07, 6.45) is 1.82. The normalized spacial score (nSPS) is 10.9.